The molecule has 1 amide bonds. The van der Waals surface area contributed by atoms with E-state index in [1.165, 1.54) is 0 Å². The Labute approximate surface area is 109 Å². The van der Waals surface area contributed by atoms with Crippen LogP contribution in [0.3, 0.4) is 0 Å². The smallest absolute Gasteiger partial charge is 0.305 e. The molecule has 0 aliphatic carbocycles. The number of nitrogens with two attached hydrogens (primary N) is 1. The molecule has 0 aliphatic rings. The van der Waals surface area contributed by atoms with Crippen LogP contribution in [0.15, 0.2) is 0 Å². The number of carbonyl (C=O) groups is 2. The molecule has 0 saturated carbocycles. The highest BCUT2D eigenvalue weighted by molar-refractivity contribution is 5.82. The molecular formula is C13H26N2O3. The van der Waals surface area contributed by atoms with Gasteiger partial charge in [0.2, 0.25) is 5.91 Å². The third-order valence-electron chi connectivity index (χ3n) is 2.67. The Balaban J connectivity index is 4.75. The van der Waals surface area contributed by atoms with Gasteiger partial charge in [0.25, 0.3) is 0 Å². The molecule has 18 heavy (non-hydrogen) atoms. The van der Waals surface area contributed by atoms with Gasteiger partial charge in [0, 0.05) is 12.1 Å². The van der Waals surface area contributed by atoms with Gasteiger partial charge in [-0.05, 0) is 33.1 Å². The van der Waals surface area contributed by atoms with Crippen molar-refractivity contribution in [2.75, 3.05) is 6.54 Å². The first-order valence-corrected chi connectivity index (χ1v) is 6.34. The summed E-state index contributed by atoms with van der Waals surface area (Å²) in [5, 5.41) is 8.72. The van der Waals surface area contributed by atoms with Gasteiger partial charge < -0.3 is 15.7 Å². The van der Waals surface area contributed by atoms with Gasteiger partial charge in [-0.1, -0.05) is 13.8 Å². The lowest BCUT2D eigenvalue weighted by Gasteiger charge is -2.37. The highest BCUT2D eigenvalue weighted by atomic mass is 16.4. The van der Waals surface area contributed by atoms with E-state index < -0.39 is 17.6 Å². The van der Waals surface area contributed by atoms with Crippen molar-refractivity contribution in [3.8, 4) is 0 Å². The van der Waals surface area contributed by atoms with Gasteiger partial charge in [-0.25, -0.2) is 0 Å². The van der Waals surface area contributed by atoms with Crippen molar-refractivity contribution in [1.29, 1.82) is 0 Å². The van der Waals surface area contributed by atoms with Crippen molar-refractivity contribution in [3.63, 3.8) is 0 Å². The molecule has 0 unspecified atom stereocenters. The van der Waals surface area contributed by atoms with Crippen LogP contribution in [0.4, 0.5) is 0 Å². The van der Waals surface area contributed by atoms with Gasteiger partial charge in [0.15, 0.2) is 0 Å². The molecule has 0 aliphatic heterocycles. The highest BCUT2D eigenvalue weighted by Gasteiger charge is 2.30. The first-order chi connectivity index (χ1) is 8.05. The van der Waals surface area contributed by atoms with Gasteiger partial charge >= 0.3 is 5.97 Å². The average Bonchev–Trinajstić information content (AvgIpc) is 2.13. The summed E-state index contributed by atoms with van der Waals surface area (Å²) in [7, 11) is 0. The second-order valence-electron chi connectivity index (χ2n) is 6.04. The number of amides is 1. The van der Waals surface area contributed by atoms with E-state index in [1.54, 1.807) is 4.90 Å². The molecule has 0 spiro atoms. The summed E-state index contributed by atoms with van der Waals surface area (Å²) in [5.41, 5.74) is 5.47. The summed E-state index contributed by atoms with van der Waals surface area (Å²) < 4.78 is 0. The summed E-state index contributed by atoms with van der Waals surface area (Å²) in [4.78, 5) is 24.4. The van der Waals surface area contributed by atoms with E-state index in [1.807, 2.05) is 34.6 Å². The minimum atomic E-state index is -0.908. The van der Waals surface area contributed by atoms with E-state index in [2.05, 4.69) is 0 Å². The number of nitrogens with zero attached hydrogens (tertiary/aromatic N) is 1. The third kappa shape index (κ3) is 6.00. The topological polar surface area (TPSA) is 83.6 Å². The normalized spacial score (nSPS) is 13.5. The van der Waals surface area contributed by atoms with Crippen LogP contribution in [-0.4, -0.2) is 40.0 Å². The van der Waals surface area contributed by atoms with Crippen molar-refractivity contribution in [3.05, 3.63) is 0 Å². The van der Waals surface area contributed by atoms with Gasteiger partial charge in [-0.3, -0.25) is 9.59 Å². The Bertz CT molecular complexity index is 295. The fraction of sp³-hybridized carbons (Fsp3) is 0.846. The monoisotopic (exact) mass is 258 g/mol. The second kappa shape index (κ2) is 6.73. The lowest BCUT2D eigenvalue weighted by molar-refractivity contribution is -0.141. The number of carboxylic acid groups (broad SMARTS) is 1. The Kier molecular flexibility index (Phi) is 6.32. The average molecular weight is 258 g/mol. The molecule has 5 nitrogen and oxygen atoms in total. The van der Waals surface area contributed by atoms with Crippen molar-refractivity contribution in [2.24, 2.45) is 11.7 Å². The van der Waals surface area contributed by atoms with E-state index in [-0.39, 0.29) is 18.9 Å². The van der Waals surface area contributed by atoms with Crippen LogP contribution in [-0.2, 0) is 9.59 Å². The van der Waals surface area contributed by atoms with Gasteiger partial charge in [-0.2, -0.15) is 0 Å². The Hall–Kier alpha value is -1.10. The standard InChI is InChI=1S/C13H26N2O3/c1-9(2)8-10(14)12(18)15(13(3,4)5)7-6-11(16)17/h9-10H,6-8,14H2,1-5H3,(H,16,17)/t10-/m0/s1. The number of aliphatic carboxylic acids is 1. The highest BCUT2D eigenvalue weighted by Crippen LogP contribution is 2.17. The van der Waals surface area contributed by atoms with Gasteiger partial charge in [0.1, 0.15) is 0 Å². The number of hydrogen-bond acceptors (Lipinski definition) is 3. The Morgan fingerprint density at radius 3 is 2.11 bits per heavy atom. The summed E-state index contributed by atoms with van der Waals surface area (Å²) >= 11 is 0. The SMILES string of the molecule is CC(C)C[C@H](N)C(=O)N(CCC(=O)O)C(C)(C)C. The fourth-order valence-electron chi connectivity index (χ4n) is 1.79. The molecule has 0 aromatic heterocycles. The summed E-state index contributed by atoms with van der Waals surface area (Å²) in [6, 6.07) is -0.557. The fourth-order valence-corrected chi connectivity index (χ4v) is 1.79. The zero-order valence-corrected chi connectivity index (χ0v) is 12.1. The van der Waals surface area contributed by atoms with Crippen LogP contribution >= 0.6 is 0 Å². The predicted molar refractivity (Wildman–Crippen MR) is 71.1 cm³/mol. The molecule has 0 rings (SSSR count). The van der Waals surface area contributed by atoms with E-state index in [0.717, 1.165) is 0 Å². The van der Waals surface area contributed by atoms with Crippen molar-refractivity contribution < 1.29 is 14.7 Å². The zero-order valence-electron chi connectivity index (χ0n) is 12.1. The largest absolute Gasteiger partial charge is 0.481 e. The van der Waals surface area contributed by atoms with Crippen LogP contribution < -0.4 is 5.73 Å². The predicted octanol–water partition coefficient (Wildman–Crippen LogP) is 1.46. The minimum Gasteiger partial charge on any atom is -0.481 e. The van der Waals surface area contributed by atoms with Crippen LogP contribution in [0.2, 0.25) is 0 Å². The zero-order chi connectivity index (χ0) is 14.5. The van der Waals surface area contributed by atoms with Crippen LogP contribution in [0.25, 0.3) is 0 Å². The maximum absolute atomic E-state index is 12.2. The molecule has 0 radical (unpaired) electrons. The number of carbonyl (C=O) groups excluding carboxylic acids is 1. The van der Waals surface area contributed by atoms with E-state index >= 15 is 0 Å². The molecule has 0 saturated heterocycles. The first kappa shape index (κ1) is 16.9. The van der Waals surface area contributed by atoms with Crippen LogP contribution in [0.1, 0.15) is 47.5 Å². The van der Waals surface area contributed by atoms with Crippen molar-refractivity contribution >= 4 is 11.9 Å². The number of carboxylic acids is 1. The molecule has 0 heterocycles. The maximum Gasteiger partial charge on any atom is 0.305 e. The number of hydrogen-bond donors (Lipinski definition) is 2. The molecule has 1 atom stereocenters. The Morgan fingerprint density at radius 1 is 1.28 bits per heavy atom. The van der Waals surface area contributed by atoms with Gasteiger partial charge in [0.05, 0.1) is 12.5 Å². The summed E-state index contributed by atoms with van der Waals surface area (Å²) in [5.74, 6) is -0.739. The molecule has 106 valence electrons. The molecule has 0 aromatic rings. The van der Waals surface area contributed by atoms with Crippen molar-refractivity contribution in [1.82, 2.24) is 4.90 Å². The first-order valence-electron chi connectivity index (χ1n) is 6.34. The molecule has 0 aromatic carbocycles. The molecule has 0 bridgehead atoms. The lowest BCUT2D eigenvalue weighted by atomic mass is 9.99. The Morgan fingerprint density at radius 2 is 1.78 bits per heavy atom. The number of rotatable bonds is 6. The maximum atomic E-state index is 12.2. The van der Waals surface area contributed by atoms with Crippen LogP contribution in [0.5, 0.6) is 0 Å². The van der Waals surface area contributed by atoms with E-state index in [0.29, 0.717) is 12.3 Å². The van der Waals surface area contributed by atoms with E-state index in [4.69, 9.17) is 10.8 Å². The lowest BCUT2D eigenvalue weighted by Crippen LogP contribution is -2.53. The van der Waals surface area contributed by atoms with Gasteiger partial charge in [-0.15, -0.1) is 0 Å². The minimum absolute atomic E-state index is 0.0581. The summed E-state index contributed by atoms with van der Waals surface area (Å²) in [6.07, 6.45) is 0.551. The summed E-state index contributed by atoms with van der Waals surface area (Å²) in [6.45, 7) is 9.86. The molecule has 3 N–H and O–H groups in total. The van der Waals surface area contributed by atoms with Crippen LogP contribution in [0, 0.1) is 5.92 Å². The second-order valence-corrected chi connectivity index (χ2v) is 6.04. The molecule has 0 fully saturated rings. The third-order valence-corrected chi connectivity index (χ3v) is 2.67. The molecular weight excluding hydrogens is 232 g/mol. The van der Waals surface area contributed by atoms with Crippen molar-refractivity contribution in [2.45, 2.75) is 59.0 Å². The molecule has 5 heteroatoms. The van der Waals surface area contributed by atoms with E-state index in [9.17, 15) is 9.59 Å². The quantitative estimate of drug-likeness (QED) is 0.755.